The molecular formula is C18H19ClN2O3. The average Bonchev–Trinajstić information content (AvgIpc) is 2.56. The van der Waals surface area contributed by atoms with Gasteiger partial charge in [-0.3, -0.25) is 20.4 Å². The summed E-state index contributed by atoms with van der Waals surface area (Å²) >= 11 is 5.78. The zero-order valence-corrected chi connectivity index (χ0v) is 14.3. The van der Waals surface area contributed by atoms with Crippen molar-refractivity contribution in [2.45, 2.75) is 20.3 Å². The fraction of sp³-hybridized carbons (Fsp3) is 0.222. The zero-order valence-electron chi connectivity index (χ0n) is 13.6. The molecule has 0 aliphatic rings. The lowest BCUT2D eigenvalue weighted by molar-refractivity contribution is -0.129. The Morgan fingerprint density at radius 3 is 2.29 bits per heavy atom. The molecule has 6 heteroatoms. The highest BCUT2D eigenvalue weighted by atomic mass is 35.5. The van der Waals surface area contributed by atoms with Gasteiger partial charge in [0.15, 0.2) is 6.61 Å². The van der Waals surface area contributed by atoms with E-state index in [1.807, 2.05) is 26.0 Å². The molecule has 0 radical (unpaired) electrons. The maximum absolute atomic E-state index is 11.8. The Balaban J connectivity index is 1.73. The molecule has 2 aromatic carbocycles. The minimum atomic E-state index is -0.433. The van der Waals surface area contributed by atoms with Crippen LogP contribution in [0.15, 0.2) is 42.5 Å². The second-order valence-corrected chi connectivity index (χ2v) is 5.87. The largest absolute Gasteiger partial charge is 0.484 e. The van der Waals surface area contributed by atoms with Gasteiger partial charge >= 0.3 is 0 Å². The Morgan fingerprint density at radius 2 is 1.62 bits per heavy atom. The maximum atomic E-state index is 11.8. The van der Waals surface area contributed by atoms with E-state index in [-0.39, 0.29) is 18.9 Å². The summed E-state index contributed by atoms with van der Waals surface area (Å²) in [6.07, 6.45) is 0.148. The molecule has 0 saturated heterocycles. The van der Waals surface area contributed by atoms with Crippen LogP contribution in [0.25, 0.3) is 0 Å². The molecule has 2 aromatic rings. The van der Waals surface area contributed by atoms with E-state index in [1.165, 1.54) is 0 Å². The summed E-state index contributed by atoms with van der Waals surface area (Å²) in [4.78, 5) is 23.5. The van der Waals surface area contributed by atoms with Gasteiger partial charge in [-0.05, 0) is 54.8 Å². The third-order valence-electron chi connectivity index (χ3n) is 3.47. The van der Waals surface area contributed by atoms with Gasteiger partial charge in [0.2, 0.25) is 5.91 Å². The molecule has 5 nitrogen and oxygen atoms in total. The molecule has 0 fully saturated rings. The summed E-state index contributed by atoms with van der Waals surface area (Å²) in [6.45, 7) is 3.80. The van der Waals surface area contributed by atoms with E-state index < -0.39 is 5.91 Å². The van der Waals surface area contributed by atoms with Gasteiger partial charge in [0.1, 0.15) is 5.75 Å². The highest BCUT2D eigenvalue weighted by Crippen LogP contribution is 2.16. The topological polar surface area (TPSA) is 67.4 Å². The molecule has 2 N–H and O–H groups in total. The zero-order chi connectivity index (χ0) is 17.5. The number of hydrogen-bond donors (Lipinski definition) is 2. The van der Waals surface area contributed by atoms with Crippen molar-refractivity contribution in [3.8, 4) is 5.75 Å². The highest BCUT2D eigenvalue weighted by Gasteiger charge is 2.07. The van der Waals surface area contributed by atoms with Crippen molar-refractivity contribution >= 4 is 23.4 Å². The summed E-state index contributed by atoms with van der Waals surface area (Å²) in [7, 11) is 0. The number of aryl methyl sites for hydroxylation is 2. The van der Waals surface area contributed by atoms with E-state index in [0.717, 1.165) is 16.7 Å². The van der Waals surface area contributed by atoms with Crippen molar-refractivity contribution in [3.05, 3.63) is 64.2 Å². The normalized spacial score (nSPS) is 10.1. The van der Waals surface area contributed by atoms with Crippen LogP contribution in [-0.4, -0.2) is 18.4 Å². The molecular weight excluding hydrogens is 328 g/mol. The van der Waals surface area contributed by atoms with Crippen molar-refractivity contribution in [1.82, 2.24) is 10.9 Å². The molecule has 0 aliphatic carbocycles. The van der Waals surface area contributed by atoms with Crippen molar-refractivity contribution in [1.29, 1.82) is 0 Å². The second-order valence-electron chi connectivity index (χ2n) is 5.43. The number of amides is 2. The predicted molar refractivity (Wildman–Crippen MR) is 92.9 cm³/mol. The third-order valence-corrected chi connectivity index (χ3v) is 3.72. The van der Waals surface area contributed by atoms with Crippen LogP contribution < -0.4 is 15.6 Å². The fourth-order valence-electron chi connectivity index (χ4n) is 1.96. The van der Waals surface area contributed by atoms with Crippen LogP contribution in [0.1, 0.15) is 16.7 Å². The molecule has 2 rings (SSSR count). The minimum Gasteiger partial charge on any atom is -0.484 e. The number of nitrogens with one attached hydrogen (secondary N) is 2. The van der Waals surface area contributed by atoms with Gasteiger partial charge in [0.05, 0.1) is 6.42 Å². The van der Waals surface area contributed by atoms with Crippen molar-refractivity contribution < 1.29 is 14.3 Å². The molecule has 0 spiro atoms. The smallest absolute Gasteiger partial charge is 0.276 e. The number of carbonyl (C=O) groups is 2. The molecule has 126 valence electrons. The molecule has 0 bridgehead atoms. The minimum absolute atomic E-state index is 0.148. The van der Waals surface area contributed by atoms with Crippen LogP contribution in [-0.2, 0) is 16.0 Å². The lowest BCUT2D eigenvalue weighted by Crippen LogP contribution is -2.44. The quantitative estimate of drug-likeness (QED) is 0.818. The Hall–Kier alpha value is -2.53. The molecule has 24 heavy (non-hydrogen) atoms. The second kappa shape index (κ2) is 8.36. The van der Waals surface area contributed by atoms with Gasteiger partial charge in [0.25, 0.3) is 5.91 Å². The molecule has 0 saturated carbocycles. The molecule has 0 aliphatic heterocycles. The summed E-state index contributed by atoms with van der Waals surface area (Å²) in [5.74, 6) is -0.143. The van der Waals surface area contributed by atoms with Crippen LogP contribution in [0, 0.1) is 13.8 Å². The molecule has 0 heterocycles. The van der Waals surface area contributed by atoms with E-state index in [9.17, 15) is 9.59 Å². The van der Waals surface area contributed by atoms with Gasteiger partial charge in [-0.15, -0.1) is 0 Å². The SMILES string of the molecule is Cc1ccc(OCC(=O)NNC(=O)Cc2ccc(Cl)cc2)cc1C. The summed E-state index contributed by atoms with van der Waals surface area (Å²) in [6, 6.07) is 12.5. The number of halogens is 1. The van der Waals surface area contributed by atoms with Crippen LogP contribution in [0.3, 0.4) is 0 Å². The Labute approximate surface area is 145 Å². The van der Waals surface area contributed by atoms with E-state index in [4.69, 9.17) is 16.3 Å². The van der Waals surface area contributed by atoms with Crippen molar-refractivity contribution in [3.63, 3.8) is 0 Å². The Kier molecular flexibility index (Phi) is 6.21. The van der Waals surface area contributed by atoms with E-state index in [2.05, 4.69) is 10.9 Å². The summed E-state index contributed by atoms with van der Waals surface area (Å²) in [5, 5.41) is 0.607. The van der Waals surface area contributed by atoms with Crippen LogP contribution in [0.2, 0.25) is 5.02 Å². The van der Waals surface area contributed by atoms with Gasteiger partial charge in [-0.1, -0.05) is 29.8 Å². The number of rotatable bonds is 5. The number of hydrogen-bond acceptors (Lipinski definition) is 3. The monoisotopic (exact) mass is 346 g/mol. The van der Waals surface area contributed by atoms with Gasteiger partial charge < -0.3 is 4.74 Å². The van der Waals surface area contributed by atoms with Crippen LogP contribution in [0.5, 0.6) is 5.75 Å². The maximum Gasteiger partial charge on any atom is 0.276 e. The van der Waals surface area contributed by atoms with Gasteiger partial charge in [0, 0.05) is 5.02 Å². The summed E-state index contributed by atoms with van der Waals surface area (Å²) in [5.41, 5.74) is 7.72. The highest BCUT2D eigenvalue weighted by molar-refractivity contribution is 6.30. The number of ether oxygens (including phenoxy) is 1. The molecule has 0 unspecified atom stereocenters. The fourth-order valence-corrected chi connectivity index (χ4v) is 2.09. The van der Waals surface area contributed by atoms with E-state index in [0.29, 0.717) is 10.8 Å². The van der Waals surface area contributed by atoms with Gasteiger partial charge in [-0.25, -0.2) is 0 Å². The van der Waals surface area contributed by atoms with Crippen LogP contribution in [0.4, 0.5) is 0 Å². The standard InChI is InChI=1S/C18H19ClN2O3/c1-12-3-8-16(9-13(12)2)24-11-18(23)21-20-17(22)10-14-4-6-15(19)7-5-14/h3-9H,10-11H2,1-2H3,(H,20,22)(H,21,23). The first-order valence-corrected chi connectivity index (χ1v) is 7.84. The van der Waals surface area contributed by atoms with E-state index in [1.54, 1.807) is 30.3 Å². The first-order valence-electron chi connectivity index (χ1n) is 7.46. The van der Waals surface area contributed by atoms with Gasteiger partial charge in [-0.2, -0.15) is 0 Å². The molecule has 0 aromatic heterocycles. The lowest BCUT2D eigenvalue weighted by atomic mass is 10.1. The Morgan fingerprint density at radius 1 is 0.958 bits per heavy atom. The lowest BCUT2D eigenvalue weighted by Gasteiger charge is -2.10. The van der Waals surface area contributed by atoms with E-state index >= 15 is 0 Å². The number of carbonyl (C=O) groups excluding carboxylic acids is 2. The third kappa shape index (κ3) is 5.59. The van der Waals surface area contributed by atoms with Crippen molar-refractivity contribution in [2.75, 3.05) is 6.61 Å². The average molecular weight is 347 g/mol. The first kappa shape index (κ1) is 17.8. The predicted octanol–water partition coefficient (Wildman–Crippen LogP) is 2.73. The summed E-state index contributed by atoms with van der Waals surface area (Å²) < 4.78 is 5.39. The Bertz CT molecular complexity index is 730. The van der Waals surface area contributed by atoms with Crippen molar-refractivity contribution in [2.24, 2.45) is 0 Å². The number of benzene rings is 2. The number of hydrazine groups is 1. The first-order chi connectivity index (χ1) is 11.4. The van der Waals surface area contributed by atoms with Crippen LogP contribution >= 0.6 is 11.6 Å². The molecule has 0 atom stereocenters. The molecule has 2 amide bonds.